The molecule has 2 aromatic rings. The maximum atomic E-state index is 12.1. The molecule has 22 heavy (non-hydrogen) atoms. The van der Waals surface area contributed by atoms with Crippen molar-refractivity contribution in [2.45, 2.75) is 46.6 Å². The molecule has 0 bridgehead atoms. The van der Waals surface area contributed by atoms with E-state index < -0.39 is 0 Å². The number of aromatic hydroxyl groups is 1. The van der Waals surface area contributed by atoms with E-state index in [4.69, 9.17) is 4.42 Å². The smallest absolute Gasteiger partial charge is 0.339 e. The highest BCUT2D eigenvalue weighted by molar-refractivity contribution is 5.87. The first-order chi connectivity index (χ1) is 10.6. The van der Waals surface area contributed by atoms with E-state index in [9.17, 15) is 9.90 Å². The van der Waals surface area contributed by atoms with Gasteiger partial charge in [0.25, 0.3) is 0 Å². The van der Waals surface area contributed by atoms with Crippen LogP contribution in [0.5, 0.6) is 5.75 Å². The number of quaternary nitrogens is 1. The maximum absolute atomic E-state index is 12.1. The Kier molecular flexibility index (Phi) is 3.96. The van der Waals surface area contributed by atoms with Gasteiger partial charge in [-0.2, -0.15) is 0 Å². The molecule has 1 aliphatic rings. The summed E-state index contributed by atoms with van der Waals surface area (Å²) in [5.74, 6) is 0.271. The van der Waals surface area contributed by atoms with Crippen LogP contribution >= 0.6 is 0 Å². The van der Waals surface area contributed by atoms with Gasteiger partial charge < -0.3 is 14.4 Å². The molecule has 3 rings (SSSR count). The summed E-state index contributed by atoms with van der Waals surface area (Å²) >= 11 is 0. The van der Waals surface area contributed by atoms with E-state index in [1.54, 1.807) is 0 Å². The summed E-state index contributed by atoms with van der Waals surface area (Å²) in [5, 5.41) is 11.5. The van der Waals surface area contributed by atoms with Crippen LogP contribution in [0.15, 0.2) is 15.3 Å². The monoisotopic (exact) mass is 302 g/mol. The zero-order valence-electron chi connectivity index (χ0n) is 13.6. The lowest BCUT2D eigenvalue weighted by molar-refractivity contribution is -0.910. The predicted molar refractivity (Wildman–Crippen MR) is 86.7 cm³/mol. The first-order valence-electron chi connectivity index (χ1n) is 8.20. The van der Waals surface area contributed by atoms with Crippen molar-refractivity contribution in [2.75, 3.05) is 13.1 Å². The summed E-state index contributed by atoms with van der Waals surface area (Å²) in [6.45, 7) is 8.98. The number of hydrogen-bond donors (Lipinski definition) is 2. The number of hydrogen-bond acceptors (Lipinski definition) is 3. The number of rotatable bonds is 4. The van der Waals surface area contributed by atoms with Gasteiger partial charge in [-0.05, 0) is 51.7 Å². The molecule has 0 atom stereocenters. The Bertz CT molecular complexity index is 772. The third kappa shape index (κ3) is 2.31. The van der Waals surface area contributed by atoms with Crippen molar-refractivity contribution in [1.82, 2.24) is 0 Å². The molecule has 1 aliphatic carbocycles. The van der Waals surface area contributed by atoms with Crippen molar-refractivity contribution >= 4 is 11.0 Å². The molecule has 0 radical (unpaired) electrons. The summed E-state index contributed by atoms with van der Waals surface area (Å²) in [6.07, 6.45) is 2.75. The minimum absolute atomic E-state index is 0.232. The fourth-order valence-corrected chi connectivity index (χ4v) is 3.54. The number of phenols is 1. The lowest BCUT2D eigenvalue weighted by atomic mass is 9.99. The number of nitrogens with one attached hydrogen (secondary N) is 1. The second-order valence-corrected chi connectivity index (χ2v) is 6.22. The largest absolute Gasteiger partial charge is 0.507 e. The molecule has 4 nitrogen and oxygen atoms in total. The van der Waals surface area contributed by atoms with E-state index in [0.29, 0.717) is 11.1 Å². The molecule has 0 spiro atoms. The van der Waals surface area contributed by atoms with Crippen molar-refractivity contribution in [3.05, 3.63) is 38.7 Å². The predicted octanol–water partition coefficient (Wildman–Crippen LogP) is 1.72. The van der Waals surface area contributed by atoms with Gasteiger partial charge in [-0.15, -0.1) is 0 Å². The lowest BCUT2D eigenvalue weighted by Crippen LogP contribution is -3.10. The maximum Gasteiger partial charge on any atom is 0.339 e. The Labute approximate surface area is 130 Å². The van der Waals surface area contributed by atoms with Crippen LogP contribution in [-0.4, -0.2) is 18.2 Å². The number of benzene rings is 1. The van der Waals surface area contributed by atoms with Gasteiger partial charge in [0.05, 0.1) is 13.1 Å². The molecular weight excluding hydrogens is 278 g/mol. The summed E-state index contributed by atoms with van der Waals surface area (Å²) in [5.41, 5.74) is 3.92. The van der Waals surface area contributed by atoms with Gasteiger partial charge in [-0.25, -0.2) is 4.79 Å². The van der Waals surface area contributed by atoms with Crippen LogP contribution < -0.4 is 10.5 Å². The molecule has 1 aromatic carbocycles. The zero-order valence-corrected chi connectivity index (χ0v) is 13.6. The average molecular weight is 302 g/mol. The molecule has 0 amide bonds. The third-order valence-electron chi connectivity index (χ3n) is 4.99. The molecule has 0 saturated heterocycles. The van der Waals surface area contributed by atoms with Crippen LogP contribution in [0.2, 0.25) is 0 Å². The van der Waals surface area contributed by atoms with E-state index in [1.807, 2.05) is 13.0 Å². The van der Waals surface area contributed by atoms with Crippen molar-refractivity contribution in [3.63, 3.8) is 0 Å². The number of aryl methyl sites for hydroxylation is 2. The quantitative estimate of drug-likeness (QED) is 0.846. The number of fused-ring (bicyclic) bond motifs is 3. The van der Waals surface area contributed by atoms with Gasteiger partial charge in [-0.3, -0.25) is 0 Å². The van der Waals surface area contributed by atoms with Crippen LogP contribution in [0.3, 0.4) is 0 Å². The SMILES string of the molecule is CC[NH+](CC)Cc1cc2c3c(c(=O)oc2c(C)c1O)CCC3. The highest BCUT2D eigenvalue weighted by Crippen LogP contribution is 2.34. The van der Waals surface area contributed by atoms with Crippen LogP contribution in [0.1, 0.15) is 42.5 Å². The highest BCUT2D eigenvalue weighted by Gasteiger charge is 2.23. The molecular formula is C18H24NO3+. The first-order valence-corrected chi connectivity index (χ1v) is 8.20. The fraction of sp³-hybridized carbons (Fsp3) is 0.500. The second kappa shape index (κ2) is 5.76. The molecule has 1 heterocycles. The minimum Gasteiger partial charge on any atom is -0.507 e. The zero-order chi connectivity index (χ0) is 15.9. The normalized spacial score (nSPS) is 14.0. The van der Waals surface area contributed by atoms with E-state index in [-0.39, 0.29) is 11.4 Å². The lowest BCUT2D eigenvalue weighted by Gasteiger charge is -2.18. The number of phenolic OH excluding ortho intramolecular Hbond substituents is 1. The van der Waals surface area contributed by atoms with Gasteiger partial charge >= 0.3 is 5.63 Å². The molecule has 4 heteroatoms. The average Bonchev–Trinajstić information content (AvgIpc) is 3.01. The van der Waals surface area contributed by atoms with E-state index >= 15 is 0 Å². The fourth-order valence-electron chi connectivity index (χ4n) is 3.54. The summed E-state index contributed by atoms with van der Waals surface area (Å²) in [4.78, 5) is 13.5. The molecule has 0 saturated carbocycles. The Morgan fingerprint density at radius 1 is 1.23 bits per heavy atom. The minimum atomic E-state index is -0.232. The van der Waals surface area contributed by atoms with Gasteiger partial charge in [0.1, 0.15) is 17.9 Å². The molecule has 0 fully saturated rings. The van der Waals surface area contributed by atoms with E-state index in [1.165, 1.54) is 4.90 Å². The van der Waals surface area contributed by atoms with Crippen molar-refractivity contribution in [2.24, 2.45) is 0 Å². The second-order valence-electron chi connectivity index (χ2n) is 6.22. The molecule has 2 N–H and O–H groups in total. The molecule has 0 aliphatic heterocycles. The van der Waals surface area contributed by atoms with E-state index in [2.05, 4.69) is 13.8 Å². The summed E-state index contributed by atoms with van der Waals surface area (Å²) in [7, 11) is 0. The molecule has 118 valence electrons. The highest BCUT2D eigenvalue weighted by atomic mass is 16.4. The van der Waals surface area contributed by atoms with Gasteiger partial charge in [0.2, 0.25) is 0 Å². The van der Waals surface area contributed by atoms with Gasteiger partial charge in [0.15, 0.2) is 0 Å². The van der Waals surface area contributed by atoms with Crippen molar-refractivity contribution in [3.8, 4) is 5.75 Å². The van der Waals surface area contributed by atoms with Gasteiger partial charge in [0, 0.05) is 22.1 Å². The Morgan fingerprint density at radius 3 is 2.59 bits per heavy atom. The van der Waals surface area contributed by atoms with Crippen molar-refractivity contribution in [1.29, 1.82) is 0 Å². The summed E-state index contributed by atoms with van der Waals surface area (Å²) < 4.78 is 5.51. The van der Waals surface area contributed by atoms with Crippen LogP contribution in [0.4, 0.5) is 0 Å². The third-order valence-corrected chi connectivity index (χ3v) is 4.99. The first kappa shape index (κ1) is 15.1. The van der Waals surface area contributed by atoms with Gasteiger partial charge in [-0.1, -0.05) is 0 Å². The van der Waals surface area contributed by atoms with E-state index in [0.717, 1.165) is 61.0 Å². The topological polar surface area (TPSA) is 54.9 Å². The van der Waals surface area contributed by atoms with Crippen LogP contribution in [0.25, 0.3) is 11.0 Å². The Balaban J connectivity index is 2.22. The molecule has 1 aromatic heterocycles. The standard InChI is InChI=1S/C18H23NO3/c1-4-19(5-2)10-12-9-15-13-7-6-8-14(13)18(21)22-17(15)11(3)16(12)20/h9,20H,4-8,10H2,1-3H3/p+1. The Morgan fingerprint density at radius 2 is 1.91 bits per heavy atom. The van der Waals surface area contributed by atoms with Crippen LogP contribution in [-0.2, 0) is 19.4 Å². The summed E-state index contributed by atoms with van der Waals surface area (Å²) in [6, 6.07) is 2.04. The molecule has 0 unspecified atom stereocenters. The Hall–Kier alpha value is -1.81. The van der Waals surface area contributed by atoms with Crippen molar-refractivity contribution < 1.29 is 14.4 Å². The van der Waals surface area contributed by atoms with Crippen LogP contribution in [0, 0.1) is 6.92 Å².